The van der Waals surface area contributed by atoms with Gasteiger partial charge in [0.1, 0.15) is 0 Å². The van der Waals surface area contributed by atoms with Gasteiger partial charge in [0, 0.05) is 36.7 Å². The standard InChI is InChI=1S/C22H24N2O4/c1-14(25)24-9-8-15-10-16(4-6-18(15)24)21(26)23-12-22(2,3)17-5-7-19-20(11-17)28-13-27-19/h4-7,10-11H,8-9,12-13H2,1-3H3,(H,23,26). The Morgan fingerprint density at radius 2 is 1.89 bits per heavy atom. The van der Waals surface area contributed by atoms with Gasteiger partial charge in [-0.15, -0.1) is 0 Å². The highest BCUT2D eigenvalue weighted by Crippen LogP contribution is 2.36. The number of ether oxygens (including phenoxy) is 2. The minimum atomic E-state index is -0.265. The molecule has 0 fully saturated rings. The minimum Gasteiger partial charge on any atom is -0.454 e. The van der Waals surface area contributed by atoms with Crippen LogP contribution >= 0.6 is 0 Å². The molecule has 0 atom stereocenters. The van der Waals surface area contributed by atoms with Gasteiger partial charge in [0.25, 0.3) is 5.91 Å². The molecule has 0 spiro atoms. The van der Waals surface area contributed by atoms with Gasteiger partial charge in [-0.1, -0.05) is 19.9 Å². The second-order valence-electron chi connectivity index (χ2n) is 7.90. The van der Waals surface area contributed by atoms with Crippen LogP contribution in [-0.2, 0) is 16.6 Å². The van der Waals surface area contributed by atoms with E-state index in [0.29, 0.717) is 18.7 Å². The molecule has 6 heteroatoms. The third-order valence-electron chi connectivity index (χ3n) is 5.46. The van der Waals surface area contributed by atoms with Gasteiger partial charge in [-0.05, 0) is 47.9 Å². The average Bonchev–Trinajstić information content (AvgIpc) is 3.31. The number of amides is 2. The maximum Gasteiger partial charge on any atom is 0.251 e. The number of rotatable bonds is 4. The lowest BCUT2D eigenvalue weighted by atomic mass is 9.84. The van der Waals surface area contributed by atoms with Crippen LogP contribution in [0.4, 0.5) is 5.69 Å². The van der Waals surface area contributed by atoms with Crippen molar-refractivity contribution in [2.75, 3.05) is 24.8 Å². The summed E-state index contributed by atoms with van der Waals surface area (Å²) >= 11 is 0. The molecule has 0 radical (unpaired) electrons. The van der Waals surface area contributed by atoms with E-state index in [2.05, 4.69) is 19.2 Å². The van der Waals surface area contributed by atoms with E-state index < -0.39 is 0 Å². The fourth-order valence-corrected chi connectivity index (χ4v) is 3.69. The second kappa shape index (κ2) is 6.86. The molecule has 2 aliphatic rings. The van der Waals surface area contributed by atoms with E-state index in [1.54, 1.807) is 17.9 Å². The van der Waals surface area contributed by atoms with Crippen LogP contribution in [-0.4, -0.2) is 31.7 Å². The topological polar surface area (TPSA) is 67.9 Å². The van der Waals surface area contributed by atoms with Crippen molar-refractivity contribution in [3.8, 4) is 11.5 Å². The number of hydrogen-bond acceptors (Lipinski definition) is 4. The van der Waals surface area contributed by atoms with E-state index in [1.165, 1.54) is 0 Å². The van der Waals surface area contributed by atoms with E-state index >= 15 is 0 Å². The lowest BCUT2D eigenvalue weighted by Crippen LogP contribution is -2.36. The molecule has 146 valence electrons. The Hall–Kier alpha value is -3.02. The Labute approximate surface area is 164 Å². The Balaban J connectivity index is 1.45. The summed E-state index contributed by atoms with van der Waals surface area (Å²) < 4.78 is 10.8. The first-order valence-electron chi connectivity index (χ1n) is 9.44. The molecular formula is C22H24N2O4. The van der Waals surface area contributed by atoms with Crippen LogP contribution in [0.3, 0.4) is 0 Å². The third-order valence-corrected chi connectivity index (χ3v) is 5.46. The highest BCUT2D eigenvalue weighted by Gasteiger charge is 2.26. The van der Waals surface area contributed by atoms with Gasteiger partial charge in [-0.25, -0.2) is 0 Å². The zero-order valence-electron chi connectivity index (χ0n) is 16.4. The van der Waals surface area contributed by atoms with Crippen LogP contribution in [0.1, 0.15) is 42.3 Å². The largest absolute Gasteiger partial charge is 0.454 e. The van der Waals surface area contributed by atoms with Crippen LogP contribution in [0.2, 0.25) is 0 Å². The Morgan fingerprint density at radius 3 is 2.68 bits per heavy atom. The number of carbonyl (C=O) groups is 2. The molecule has 0 unspecified atom stereocenters. The third kappa shape index (κ3) is 3.30. The Kier molecular flexibility index (Phi) is 4.49. The molecule has 4 rings (SSSR count). The van der Waals surface area contributed by atoms with Crippen molar-refractivity contribution < 1.29 is 19.1 Å². The smallest absolute Gasteiger partial charge is 0.251 e. The second-order valence-corrected chi connectivity index (χ2v) is 7.90. The Bertz CT molecular complexity index is 952. The summed E-state index contributed by atoms with van der Waals surface area (Å²) in [6, 6.07) is 11.4. The van der Waals surface area contributed by atoms with Crippen molar-refractivity contribution in [1.82, 2.24) is 5.32 Å². The number of nitrogens with zero attached hydrogens (tertiary/aromatic N) is 1. The molecule has 0 aliphatic carbocycles. The van der Waals surface area contributed by atoms with E-state index in [-0.39, 0.29) is 24.0 Å². The van der Waals surface area contributed by atoms with Crippen LogP contribution in [0.15, 0.2) is 36.4 Å². The van der Waals surface area contributed by atoms with Crippen LogP contribution in [0, 0.1) is 0 Å². The molecule has 2 aromatic carbocycles. The normalized spacial score (nSPS) is 14.8. The van der Waals surface area contributed by atoms with Gasteiger partial charge in [-0.2, -0.15) is 0 Å². The fourth-order valence-electron chi connectivity index (χ4n) is 3.69. The molecule has 0 bridgehead atoms. The number of fused-ring (bicyclic) bond motifs is 2. The summed E-state index contributed by atoms with van der Waals surface area (Å²) in [5.74, 6) is 1.41. The summed E-state index contributed by atoms with van der Waals surface area (Å²) in [5, 5.41) is 3.04. The average molecular weight is 380 g/mol. The summed E-state index contributed by atoms with van der Waals surface area (Å²) in [4.78, 5) is 26.1. The van der Waals surface area contributed by atoms with Gasteiger partial charge < -0.3 is 19.7 Å². The molecular weight excluding hydrogens is 356 g/mol. The molecule has 2 amide bonds. The van der Waals surface area contributed by atoms with E-state index in [4.69, 9.17) is 9.47 Å². The number of benzene rings is 2. The zero-order chi connectivity index (χ0) is 19.9. The van der Waals surface area contributed by atoms with Crippen LogP contribution < -0.4 is 19.7 Å². The van der Waals surface area contributed by atoms with Crippen molar-refractivity contribution >= 4 is 17.5 Å². The Morgan fingerprint density at radius 1 is 1.11 bits per heavy atom. The van der Waals surface area contributed by atoms with Gasteiger partial charge in [0.2, 0.25) is 12.7 Å². The molecule has 2 aromatic rings. The van der Waals surface area contributed by atoms with Crippen molar-refractivity contribution in [2.24, 2.45) is 0 Å². The lowest BCUT2D eigenvalue weighted by molar-refractivity contribution is -0.116. The number of nitrogens with one attached hydrogen (secondary N) is 1. The predicted molar refractivity (Wildman–Crippen MR) is 106 cm³/mol. The molecule has 1 N–H and O–H groups in total. The van der Waals surface area contributed by atoms with Crippen molar-refractivity contribution in [1.29, 1.82) is 0 Å². The van der Waals surface area contributed by atoms with Gasteiger partial charge in [0.05, 0.1) is 0 Å². The quantitative estimate of drug-likeness (QED) is 0.885. The molecule has 2 aliphatic heterocycles. The van der Waals surface area contributed by atoms with Crippen molar-refractivity contribution in [3.63, 3.8) is 0 Å². The number of hydrogen-bond donors (Lipinski definition) is 1. The molecule has 0 aromatic heterocycles. The lowest BCUT2D eigenvalue weighted by Gasteiger charge is -2.26. The summed E-state index contributed by atoms with van der Waals surface area (Å²) in [5.41, 5.74) is 3.37. The van der Waals surface area contributed by atoms with Crippen LogP contribution in [0.25, 0.3) is 0 Å². The first kappa shape index (κ1) is 18.3. The van der Waals surface area contributed by atoms with Crippen LogP contribution in [0.5, 0.6) is 11.5 Å². The molecule has 2 heterocycles. The monoisotopic (exact) mass is 380 g/mol. The van der Waals surface area contributed by atoms with Crippen molar-refractivity contribution in [2.45, 2.75) is 32.6 Å². The predicted octanol–water partition coefficient (Wildman–Crippen LogP) is 3.03. The minimum absolute atomic E-state index is 0.0291. The van der Waals surface area contributed by atoms with E-state index in [9.17, 15) is 9.59 Å². The molecule has 0 saturated heterocycles. The first-order valence-corrected chi connectivity index (χ1v) is 9.44. The SMILES string of the molecule is CC(=O)N1CCc2cc(C(=O)NCC(C)(C)c3ccc4c(c3)OCO4)ccc21. The molecule has 28 heavy (non-hydrogen) atoms. The first-order chi connectivity index (χ1) is 13.3. The maximum atomic E-state index is 12.7. The van der Waals surface area contributed by atoms with Gasteiger partial charge in [0.15, 0.2) is 11.5 Å². The summed E-state index contributed by atoms with van der Waals surface area (Å²) in [7, 11) is 0. The number of carbonyl (C=O) groups excluding carboxylic acids is 2. The van der Waals surface area contributed by atoms with Crippen molar-refractivity contribution in [3.05, 3.63) is 53.1 Å². The fraction of sp³-hybridized carbons (Fsp3) is 0.364. The molecule has 6 nitrogen and oxygen atoms in total. The van der Waals surface area contributed by atoms with E-state index in [1.807, 2.05) is 30.3 Å². The highest BCUT2D eigenvalue weighted by molar-refractivity contribution is 5.97. The molecule has 0 saturated carbocycles. The highest BCUT2D eigenvalue weighted by atomic mass is 16.7. The zero-order valence-corrected chi connectivity index (χ0v) is 16.4. The number of anilines is 1. The maximum absolute atomic E-state index is 12.7. The summed E-state index contributed by atoms with van der Waals surface area (Å²) in [6.07, 6.45) is 0.777. The van der Waals surface area contributed by atoms with Gasteiger partial charge in [-0.3, -0.25) is 9.59 Å². The van der Waals surface area contributed by atoms with E-state index in [0.717, 1.165) is 34.7 Å². The summed E-state index contributed by atoms with van der Waals surface area (Å²) in [6.45, 7) is 7.13. The van der Waals surface area contributed by atoms with Gasteiger partial charge >= 0.3 is 0 Å².